The molecule has 126 valence electrons. The Morgan fingerprint density at radius 1 is 1.24 bits per heavy atom. The molecule has 25 heavy (non-hydrogen) atoms. The molecule has 0 saturated heterocycles. The maximum Gasteiger partial charge on any atom is 0.274 e. The quantitative estimate of drug-likeness (QED) is 0.787. The molecule has 1 atom stereocenters. The van der Waals surface area contributed by atoms with Crippen LogP contribution < -0.4 is 5.32 Å². The minimum Gasteiger partial charge on any atom is -0.365 e. The standard InChI is InChI=1S/C18H17N5O2/c24-18(20-10-13-5-4-8-19-9-13)17-15-12-25-16(11-23(15)22-21-17)14-6-2-1-3-7-14/h1-9,16H,10-12H2,(H,20,24). The molecular weight excluding hydrogens is 318 g/mol. The van der Waals surface area contributed by atoms with Crippen molar-refractivity contribution >= 4 is 5.91 Å². The molecule has 1 aliphatic rings. The van der Waals surface area contributed by atoms with Crippen LogP contribution in [0, 0.1) is 0 Å². The van der Waals surface area contributed by atoms with Crippen LogP contribution >= 0.6 is 0 Å². The maximum atomic E-state index is 12.4. The minimum absolute atomic E-state index is 0.0818. The van der Waals surface area contributed by atoms with E-state index in [2.05, 4.69) is 20.6 Å². The first kappa shape index (κ1) is 15.5. The number of nitrogens with one attached hydrogen (secondary N) is 1. The fraction of sp³-hybridized carbons (Fsp3) is 0.222. The number of benzene rings is 1. The third kappa shape index (κ3) is 3.27. The Morgan fingerprint density at radius 2 is 2.12 bits per heavy atom. The van der Waals surface area contributed by atoms with E-state index < -0.39 is 0 Å². The number of fused-ring (bicyclic) bond motifs is 1. The van der Waals surface area contributed by atoms with E-state index in [4.69, 9.17) is 4.74 Å². The summed E-state index contributed by atoms with van der Waals surface area (Å²) < 4.78 is 7.66. The minimum atomic E-state index is -0.258. The third-order valence-corrected chi connectivity index (χ3v) is 4.16. The van der Waals surface area contributed by atoms with Crippen molar-refractivity contribution in [2.45, 2.75) is 25.8 Å². The number of hydrogen-bond acceptors (Lipinski definition) is 5. The largest absolute Gasteiger partial charge is 0.365 e. The zero-order valence-corrected chi connectivity index (χ0v) is 13.5. The van der Waals surface area contributed by atoms with Crippen molar-refractivity contribution in [3.63, 3.8) is 0 Å². The van der Waals surface area contributed by atoms with Gasteiger partial charge in [0.05, 0.1) is 18.8 Å². The highest BCUT2D eigenvalue weighted by Crippen LogP contribution is 2.26. The number of carbonyl (C=O) groups is 1. The van der Waals surface area contributed by atoms with Gasteiger partial charge in [-0.1, -0.05) is 41.6 Å². The fourth-order valence-electron chi connectivity index (χ4n) is 2.83. The number of pyridine rings is 1. The molecule has 3 aromatic rings. The third-order valence-electron chi connectivity index (χ3n) is 4.16. The van der Waals surface area contributed by atoms with Gasteiger partial charge >= 0.3 is 0 Å². The number of rotatable bonds is 4. The Kier molecular flexibility index (Phi) is 4.22. The zero-order valence-electron chi connectivity index (χ0n) is 13.5. The molecule has 0 bridgehead atoms. The molecule has 0 fully saturated rings. The van der Waals surface area contributed by atoms with Gasteiger partial charge in [-0.2, -0.15) is 0 Å². The van der Waals surface area contributed by atoms with Gasteiger partial charge in [0, 0.05) is 18.9 Å². The van der Waals surface area contributed by atoms with E-state index in [0.717, 1.165) is 11.1 Å². The second-order valence-electron chi connectivity index (χ2n) is 5.82. The lowest BCUT2D eigenvalue weighted by molar-refractivity contribution is -0.00177. The average molecular weight is 335 g/mol. The normalized spacial score (nSPS) is 16.2. The first-order valence-electron chi connectivity index (χ1n) is 8.07. The van der Waals surface area contributed by atoms with Crippen LogP contribution in [-0.4, -0.2) is 25.9 Å². The maximum absolute atomic E-state index is 12.4. The first-order valence-corrected chi connectivity index (χ1v) is 8.07. The van der Waals surface area contributed by atoms with Crippen LogP contribution in [0.2, 0.25) is 0 Å². The molecule has 1 amide bonds. The van der Waals surface area contributed by atoms with Gasteiger partial charge in [0.1, 0.15) is 6.10 Å². The van der Waals surface area contributed by atoms with Gasteiger partial charge in [-0.05, 0) is 17.2 Å². The number of nitrogens with zero attached hydrogens (tertiary/aromatic N) is 4. The van der Waals surface area contributed by atoms with Gasteiger partial charge in [0.25, 0.3) is 5.91 Å². The molecule has 1 unspecified atom stereocenters. The lowest BCUT2D eigenvalue weighted by Crippen LogP contribution is -2.27. The highest BCUT2D eigenvalue weighted by atomic mass is 16.5. The van der Waals surface area contributed by atoms with Crippen LogP contribution in [0.3, 0.4) is 0 Å². The second-order valence-corrected chi connectivity index (χ2v) is 5.82. The Morgan fingerprint density at radius 3 is 2.92 bits per heavy atom. The van der Waals surface area contributed by atoms with E-state index in [-0.39, 0.29) is 12.0 Å². The Balaban J connectivity index is 1.45. The van der Waals surface area contributed by atoms with E-state index in [1.807, 2.05) is 42.5 Å². The van der Waals surface area contributed by atoms with Crippen LogP contribution in [-0.2, 0) is 24.4 Å². The van der Waals surface area contributed by atoms with Gasteiger partial charge in [-0.15, -0.1) is 5.10 Å². The lowest BCUT2D eigenvalue weighted by atomic mass is 10.1. The van der Waals surface area contributed by atoms with Crippen molar-refractivity contribution < 1.29 is 9.53 Å². The summed E-state index contributed by atoms with van der Waals surface area (Å²) in [7, 11) is 0. The van der Waals surface area contributed by atoms with Gasteiger partial charge in [0.2, 0.25) is 0 Å². The van der Waals surface area contributed by atoms with Gasteiger partial charge in [-0.3, -0.25) is 9.78 Å². The van der Waals surface area contributed by atoms with Gasteiger partial charge in [0.15, 0.2) is 5.69 Å². The number of aromatic nitrogens is 4. The number of carbonyl (C=O) groups excluding carboxylic acids is 1. The molecule has 7 heteroatoms. The summed E-state index contributed by atoms with van der Waals surface area (Å²) in [4.78, 5) is 16.4. The van der Waals surface area contributed by atoms with Crippen molar-refractivity contribution in [1.82, 2.24) is 25.3 Å². The van der Waals surface area contributed by atoms with Crippen LogP contribution in [0.5, 0.6) is 0 Å². The van der Waals surface area contributed by atoms with Crippen molar-refractivity contribution in [1.29, 1.82) is 0 Å². The van der Waals surface area contributed by atoms with Crippen LogP contribution in [0.25, 0.3) is 0 Å². The SMILES string of the molecule is O=C(NCc1cccnc1)c1nnn2c1COC(c1ccccc1)C2. The summed E-state index contributed by atoms with van der Waals surface area (Å²) in [6.45, 7) is 1.25. The molecule has 1 aliphatic heterocycles. The molecular formula is C18H17N5O2. The smallest absolute Gasteiger partial charge is 0.274 e. The second kappa shape index (κ2) is 6.82. The summed E-state index contributed by atoms with van der Waals surface area (Å²) in [6.07, 6.45) is 3.33. The predicted molar refractivity (Wildman–Crippen MR) is 89.4 cm³/mol. The van der Waals surface area contributed by atoms with Gasteiger partial charge in [-0.25, -0.2) is 4.68 Å². The fourth-order valence-corrected chi connectivity index (χ4v) is 2.83. The topological polar surface area (TPSA) is 81.9 Å². The summed E-state index contributed by atoms with van der Waals surface area (Å²) >= 11 is 0. The predicted octanol–water partition coefficient (Wildman–Crippen LogP) is 1.87. The van der Waals surface area contributed by atoms with Crippen molar-refractivity contribution in [2.24, 2.45) is 0 Å². The Labute approximate surface area is 144 Å². The average Bonchev–Trinajstić information content (AvgIpc) is 3.11. The number of amides is 1. The number of ether oxygens (including phenoxy) is 1. The van der Waals surface area contributed by atoms with Crippen LogP contribution in [0.4, 0.5) is 0 Å². The van der Waals surface area contributed by atoms with Gasteiger partial charge < -0.3 is 10.1 Å². The summed E-state index contributed by atoms with van der Waals surface area (Å²) in [6, 6.07) is 13.7. The van der Waals surface area contributed by atoms with Crippen molar-refractivity contribution in [3.8, 4) is 0 Å². The van der Waals surface area contributed by atoms with Crippen molar-refractivity contribution in [3.05, 3.63) is 77.4 Å². The van der Waals surface area contributed by atoms with E-state index in [9.17, 15) is 4.79 Å². The van der Waals surface area contributed by atoms with E-state index in [0.29, 0.717) is 31.1 Å². The first-order chi connectivity index (χ1) is 12.3. The molecule has 0 spiro atoms. The molecule has 0 aliphatic carbocycles. The monoisotopic (exact) mass is 335 g/mol. The van der Waals surface area contributed by atoms with Crippen molar-refractivity contribution in [2.75, 3.05) is 0 Å². The highest BCUT2D eigenvalue weighted by Gasteiger charge is 2.27. The Hall–Kier alpha value is -3.06. The summed E-state index contributed by atoms with van der Waals surface area (Å²) in [5.74, 6) is -0.258. The molecule has 0 saturated carbocycles. The summed E-state index contributed by atoms with van der Waals surface area (Å²) in [5.41, 5.74) is 3.04. The molecule has 1 aromatic carbocycles. The summed E-state index contributed by atoms with van der Waals surface area (Å²) in [5, 5.41) is 11.0. The molecule has 3 heterocycles. The van der Waals surface area contributed by atoms with E-state index in [1.165, 1.54) is 0 Å². The van der Waals surface area contributed by atoms with Crippen LogP contribution in [0.15, 0.2) is 54.9 Å². The highest BCUT2D eigenvalue weighted by molar-refractivity contribution is 5.93. The Bertz CT molecular complexity index is 864. The molecule has 1 N–H and O–H groups in total. The molecule has 2 aromatic heterocycles. The van der Waals surface area contributed by atoms with E-state index in [1.54, 1.807) is 17.1 Å². The zero-order chi connectivity index (χ0) is 17.1. The van der Waals surface area contributed by atoms with Crippen LogP contribution in [0.1, 0.15) is 33.4 Å². The molecule has 4 rings (SSSR count). The molecule has 7 nitrogen and oxygen atoms in total. The lowest BCUT2D eigenvalue weighted by Gasteiger charge is -2.24. The number of hydrogen-bond donors (Lipinski definition) is 1. The van der Waals surface area contributed by atoms with E-state index >= 15 is 0 Å². The molecule has 0 radical (unpaired) electrons.